The first-order chi connectivity index (χ1) is 46.5. The number of primary amides is 1. The van der Waals surface area contributed by atoms with Crippen molar-refractivity contribution in [3.8, 4) is 0 Å². The molecule has 0 fully saturated rings. The van der Waals surface area contributed by atoms with Crippen LogP contribution >= 0.6 is 0 Å². The van der Waals surface area contributed by atoms with Crippen molar-refractivity contribution in [2.45, 2.75) is 171 Å². The van der Waals surface area contributed by atoms with Gasteiger partial charge in [0.25, 0.3) is 0 Å². The Morgan fingerprint density at radius 3 is 1.35 bits per heavy atom. The van der Waals surface area contributed by atoms with Crippen LogP contribution < -0.4 is 104 Å². The summed E-state index contributed by atoms with van der Waals surface area (Å²) >= 11 is 0. The van der Waals surface area contributed by atoms with E-state index in [9.17, 15) is 72.1 Å². The number of amides is 12. The first-order valence-electron chi connectivity index (χ1n) is 32.0. The molecular formula is C62H100FN21O14. The largest absolute Gasteiger partial charge is 0.394 e. The number of nitrogens with zero attached hydrogens (tertiary/aromatic N) is 2. The number of nitrogens with one attached hydrogen (secondary N) is 11. The zero-order valence-electron chi connectivity index (χ0n) is 55.5. The number of nitrogens with two attached hydrogens (primary N) is 8. The van der Waals surface area contributed by atoms with E-state index in [0.717, 1.165) is 11.6 Å². The van der Waals surface area contributed by atoms with Gasteiger partial charge in [0.05, 0.1) is 31.8 Å². The Morgan fingerprint density at radius 1 is 0.469 bits per heavy atom. The summed E-state index contributed by atoms with van der Waals surface area (Å²) in [6.07, 6.45) is 0.747. The van der Waals surface area contributed by atoms with Crippen molar-refractivity contribution < 1.29 is 72.1 Å². The molecule has 0 saturated carbocycles. The molecule has 0 unspecified atom stereocenters. The van der Waals surface area contributed by atoms with Crippen LogP contribution in [0.1, 0.15) is 103 Å². The summed E-state index contributed by atoms with van der Waals surface area (Å²) < 4.78 is 14.7. The van der Waals surface area contributed by atoms with Crippen LogP contribution in [0.3, 0.4) is 0 Å². The predicted molar refractivity (Wildman–Crippen MR) is 360 cm³/mol. The lowest BCUT2D eigenvalue weighted by atomic mass is 10.0. The zero-order chi connectivity index (χ0) is 73.3. The molecule has 0 aliphatic heterocycles. The number of benzene rings is 2. The van der Waals surface area contributed by atoms with Crippen LogP contribution in [0.4, 0.5) is 4.39 Å². The van der Waals surface area contributed by atoms with E-state index in [1.54, 1.807) is 60.7 Å². The van der Waals surface area contributed by atoms with Gasteiger partial charge in [-0.05, 0) is 122 Å². The molecular weight excluding hydrogens is 1280 g/mol. The lowest BCUT2D eigenvalue weighted by molar-refractivity contribution is -0.136. The Balaban J connectivity index is 2.19. The molecule has 2 aromatic rings. The molecule has 544 valence electrons. The predicted octanol–water partition coefficient (Wildman–Crippen LogP) is -7.10. The highest BCUT2D eigenvalue weighted by Crippen LogP contribution is 2.12. The van der Waals surface area contributed by atoms with Gasteiger partial charge in [0.2, 0.25) is 70.9 Å². The van der Waals surface area contributed by atoms with Gasteiger partial charge in [-0.1, -0.05) is 60.7 Å². The average molecular weight is 1380 g/mol. The highest BCUT2D eigenvalue weighted by Gasteiger charge is 2.34. The van der Waals surface area contributed by atoms with Crippen LogP contribution in [-0.4, -0.2) is 205 Å². The van der Waals surface area contributed by atoms with Crippen LogP contribution in [0.25, 0.3) is 0 Å². The minimum absolute atomic E-state index is 0.0256. The fourth-order valence-electron chi connectivity index (χ4n) is 9.23. The van der Waals surface area contributed by atoms with Gasteiger partial charge in [-0.15, -0.1) is 0 Å². The fourth-order valence-corrected chi connectivity index (χ4v) is 9.23. The maximum Gasteiger partial charge on any atom is 0.245 e. The van der Waals surface area contributed by atoms with E-state index in [1.165, 1.54) is 20.8 Å². The molecule has 0 aliphatic carbocycles. The molecule has 0 saturated heterocycles. The number of halogens is 1. The Bertz CT molecular complexity index is 3010. The number of aliphatic hydroxyl groups excluding tert-OH is 2. The Hall–Kier alpha value is -9.91. The highest BCUT2D eigenvalue weighted by molar-refractivity contribution is 5.99. The van der Waals surface area contributed by atoms with Crippen molar-refractivity contribution in [2.75, 3.05) is 45.9 Å². The molecule has 36 heteroatoms. The Labute approximate surface area is 567 Å². The number of carbonyl (C=O) groups excluding carboxylic acids is 12. The van der Waals surface area contributed by atoms with Crippen LogP contribution in [0.15, 0.2) is 82.6 Å². The third-order valence-electron chi connectivity index (χ3n) is 14.7. The summed E-state index contributed by atoms with van der Waals surface area (Å²) in [5.41, 5.74) is 45.9. The quantitative estimate of drug-likeness (QED) is 0.0166. The first-order valence-corrected chi connectivity index (χ1v) is 32.0. The maximum atomic E-state index is 14.7. The van der Waals surface area contributed by atoms with Crippen molar-refractivity contribution in [3.63, 3.8) is 0 Å². The first kappa shape index (κ1) is 84.2. The molecule has 2 aromatic carbocycles. The van der Waals surface area contributed by atoms with E-state index >= 15 is 0 Å². The lowest BCUT2D eigenvalue weighted by Gasteiger charge is -2.26. The highest BCUT2D eigenvalue weighted by atomic mass is 19.1. The number of hydrogen-bond acceptors (Lipinski definition) is 19. The molecule has 29 N–H and O–H groups in total. The molecule has 0 bridgehead atoms. The average Bonchev–Trinajstić information content (AvgIpc) is 0.887. The second-order valence-corrected chi connectivity index (χ2v) is 23.0. The van der Waals surface area contributed by atoms with E-state index in [2.05, 4.69) is 68.5 Å². The fraction of sp³-hybridized carbons (Fsp3) is 0.548. The molecule has 11 atom stereocenters. The second-order valence-electron chi connectivity index (χ2n) is 23.0. The van der Waals surface area contributed by atoms with E-state index in [-0.39, 0.29) is 89.3 Å². The molecule has 0 spiro atoms. The second kappa shape index (κ2) is 46.3. The van der Waals surface area contributed by atoms with Crippen LogP contribution in [0.5, 0.6) is 0 Å². The molecule has 35 nitrogen and oxygen atoms in total. The van der Waals surface area contributed by atoms with Crippen LogP contribution in [0, 0.1) is 0 Å². The maximum absolute atomic E-state index is 14.7. The number of guanidine groups is 2. The molecule has 12 amide bonds. The van der Waals surface area contributed by atoms with E-state index in [4.69, 9.17) is 45.9 Å². The monoisotopic (exact) mass is 1380 g/mol. The normalized spacial score (nSPS) is 14.5. The van der Waals surface area contributed by atoms with Crippen molar-refractivity contribution in [1.82, 2.24) is 58.5 Å². The number of rotatable bonds is 47. The third-order valence-corrected chi connectivity index (χ3v) is 14.7. The van der Waals surface area contributed by atoms with Gasteiger partial charge >= 0.3 is 0 Å². The number of aliphatic imine (C=N–C) groups is 2. The number of aliphatic hydroxyl groups is 2. The zero-order valence-corrected chi connectivity index (χ0v) is 55.5. The molecule has 2 rings (SSSR count). The van der Waals surface area contributed by atoms with Gasteiger partial charge in [0.1, 0.15) is 60.2 Å². The summed E-state index contributed by atoms with van der Waals surface area (Å²) in [7, 11) is 0. The van der Waals surface area contributed by atoms with Gasteiger partial charge in [-0.25, -0.2) is 4.39 Å². The Morgan fingerprint density at radius 2 is 0.878 bits per heavy atom. The van der Waals surface area contributed by atoms with Crippen molar-refractivity contribution >= 4 is 82.8 Å². The van der Waals surface area contributed by atoms with Gasteiger partial charge in [0.15, 0.2) is 11.9 Å². The summed E-state index contributed by atoms with van der Waals surface area (Å²) in [4.78, 5) is 169. The summed E-state index contributed by atoms with van der Waals surface area (Å²) in [6.45, 7) is 1.73. The van der Waals surface area contributed by atoms with Gasteiger partial charge in [-0.3, -0.25) is 67.5 Å². The topological polar surface area (TPSA) is 611 Å². The lowest BCUT2D eigenvalue weighted by Crippen LogP contribution is -2.60. The summed E-state index contributed by atoms with van der Waals surface area (Å²) in [5.74, 6) is -12.2. The van der Waals surface area contributed by atoms with E-state index in [1.807, 2.05) is 0 Å². The summed E-state index contributed by atoms with van der Waals surface area (Å²) in [5, 5.41) is 47.7. The van der Waals surface area contributed by atoms with Crippen LogP contribution in [0.2, 0.25) is 0 Å². The van der Waals surface area contributed by atoms with Crippen molar-refractivity contribution in [2.24, 2.45) is 55.9 Å². The Kier molecular flexibility index (Phi) is 39.8. The minimum atomic E-state index is -1.73. The molecule has 98 heavy (non-hydrogen) atoms. The minimum Gasteiger partial charge on any atom is -0.394 e. The van der Waals surface area contributed by atoms with Gasteiger partial charge < -0.3 is 115 Å². The number of hydrogen-bond donors (Lipinski definition) is 21. The summed E-state index contributed by atoms with van der Waals surface area (Å²) in [6, 6.07) is 3.30. The third kappa shape index (κ3) is 34.2. The van der Waals surface area contributed by atoms with Gasteiger partial charge in [0, 0.05) is 25.9 Å². The molecule has 0 heterocycles. The smallest absolute Gasteiger partial charge is 0.245 e. The standard InChI is InChI=1S/C62H100FN21O14/c1-35(76-49(88)33-75-60(98)51(37(3)86)84-58(96)46(31-39-18-8-5-9-19-39)78-50(89)32-74-48(87)25-24-40(63)41(66)30-38-16-6-4-7-17-38)53(91)80-45(23-15-29-73-62(70)71)56(94)82-43(21-11-13-27-65)57(95)83-47(34-85)59(97)77-36(2)54(92)81-44(22-14-28-72-61(68)69)55(93)79-42(52(67)90)20-10-12-26-64/h4-9,16-19,24,35-37,41-47,51,85-86H,10-15,20-23,25-34,64-66H2,1-3H3,(H2,67,90)(H,74,87)(H,75,98)(H,76,88)(H,77,97)(H,78,89)(H,79,93)(H,80,91)(H,81,92)(H,82,94)(H,83,95)(H,84,96)(H4,68,69,72)(H4,70,71,73)/b40-24-/t35-,36-,37+,41-,42-,43-,44-,45-,46-,47-,51-/m0/s1. The van der Waals surface area contributed by atoms with Crippen molar-refractivity contribution in [1.29, 1.82) is 0 Å². The molecule has 0 aliphatic rings. The van der Waals surface area contributed by atoms with Crippen molar-refractivity contribution in [3.05, 3.63) is 83.7 Å². The SMILES string of the molecule is C[C@H](NC(=O)CNC(=O)[C@@H](NC(=O)[C@H](Cc1ccccc1)NC(=O)CNC(=O)C/C=C(\F)[C@@H](N)Cc1ccccc1)[C@@H](C)O)C(=O)N[C@@H](CCCN=C(N)N)C(=O)N[C@@H](CCCCN)C(=O)N[C@@H](CO)C(=O)N[C@@H](C)C(=O)N[C@@H](CCCN=C(N)N)C(=O)N[C@@H](CCCCN)C(N)=O. The van der Waals surface area contributed by atoms with Gasteiger partial charge in [-0.2, -0.15) is 0 Å². The number of unbranched alkanes of at least 4 members (excludes halogenated alkanes) is 2. The van der Waals surface area contributed by atoms with E-state index in [0.29, 0.717) is 31.4 Å². The number of carbonyl (C=O) groups is 12. The molecule has 0 radical (unpaired) electrons. The van der Waals surface area contributed by atoms with Crippen LogP contribution in [-0.2, 0) is 70.4 Å². The molecule has 0 aromatic heterocycles. The van der Waals surface area contributed by atoms with E-state index < -0.39 is 169 Å².